The number of hydrogen-bond donors (Lipinski definition) is 3. The number of allylic oxidation sites excluding steroid dienone is 6. The maximum Gasteiger partial charge on any atom is 0.164 e. The van der Waals surface area contributed by atoms with Gasteiger partial charge < -0.3 is 20.1 Å². The van der Waals surface area contributed by atoms with E-state index in [-0.39, 0.29) is 100 Å². The van der Waals surface area contributed by atoms with Crippen molar-refractivity contribution in [3.05, 3.63) is 211 Å². The summed E-state index contributed by atoms with van der Waals surface area (Å²) in [6.45, 7) is 16.8. The number of ether oxygens (including phenoxy) is 1. The van der Waals surface area contributed by atoms with E-state index in [1.165, 1.54) is 51.3 Å². The first-order valence-corrected chi connectivity index (χ1v) is 23.8. The minimum atomic E-state index is -0.417. The third kappa shape index (κ3) is 27.5. The molecule has 3 radical (unpaired) electrons. The van der Waals surface area contributed by atoms with Gasteiger partial charge in [-0.05, 0) is 68.1 Å². The molecule has 0 atom stereocenters. The van der Waals surface area contributed by atoms with Gasteiger partial charge in [-0.1, -0.05) is 120 Å². The molecule has 0 unspecified atom stereocenters. The van der Waals surface area contributed by atoms with Crippen molar-refractivity contribution in [1.29, 1.82) is 0 Å². The standard InChI is InChI=1S/C16H12NO.C15H10N.C11H20O2.C10H6ClN2.2C5H8O2.3Ir/c1-18-14-9-6-13(7-10-14)16-11-8-12-4-2-3-5-15(12)17-16;1-2-6-12(7-3-1)15-11-10-13-8-4-5-9-14(13)16-15;1-10(2,3)8(12)7-9(13)11(4,5)6;11-10-7-6-9(12-13-10)8-4-2-1-3-5-8;2*1-4(6)3-5(2)7;;;/h2-6,8-11H,1H3;1-6,8-11H;7,12H,1-6H3;1-4,6-7H;2*3,6H,1-2H3;;;/q2*-1;;-1;;;;;. The Kier molecular flexibility index (Phi) is 32.9. The maximum absolute atomic E-state index is 11.5. The maximum atomic E-state index is 11.5. The van der Waals surface area contributed by atoms with Gasteiger partial charge in [0.15, 0.2) is 17.3 Å². The van der Waals surface area contributed by atoms with Crippen LogP contribution in [0.3, 0.4) is 0 Å². The number of aliphatic hydroxyl groups excluding tert-OH is 3. The van der Waals surface area contributed by atoms with Crippen LogP contribution in [-0.4, -0.2) is 59.9 Å². The number of aromatic nitrogens is 4. The summed E-state index contributed by atoms with van der Waals surface area (Å²) in [5, 5.41) is 36.7. The molecule has 5 aromatic carbocycles. The Labute approximate surface area is 499 Å². The number of benzene rings is 5. The Hall–Kier alpha value is -6.33. The van der Waals surface area contributed by atoms with Crippen molar-refractivity contribution in [3.63, 3.8) is 0 Å². The molecule has 3 N–H and O–H groups in total. The Morgan fingerprint density at radius 1 is 0.506 bits per heavy atom. The number of nitrogens with zero attached hydrogens (tertiary/aromatic N) is 4. The number of aliphatic hydroxyl groups is 3. The molecule has 0 saturated heterocycles. The number of hydrogen-bond acceptors (Lipinski definition) is 11. The molecule has 0 spiro atoms. The molecule has 0 amide bonds. The molecule has 11 nitrogen and oxygen atoms in total. The molecule has 8 rings (SSSR count). The third-order valence-corrected chi connectivity index (χ3v) is 9.90. The third-order valence-electron chi connectivity index (χ3n) is 9.69. The summed E-state index contributed by atoms with van der Waals surface area (Å²) in [7, 11) is 1.65. The second kappa shape index (κ2) is 35.9. The number of halogens is 1. The Bertz CT molecular complexity index is 3110. The zero-order valence-electron chi connectivity index (χ0n) is 44.8. The fourth-order valence-corrected chi connectivity index (χ4v) is 5.94. The molecular weight excluding hydrogens is 1520 g/mol. The predicted octanol–water partition coefficient (Wildman–Crippen LogP) is 15.2. The van der Waals surface area contributed by atoms with Crippen molar-refractivity contribution in [2.45, 2.75) is 69.2 Å². The second-order valence-corrected chi connectivity index (χ2v) is 18.8. The first-order chi connectivity index (χ1) is 35.0. The Balaban J connectivity index is 0.000000921. The minimum absolute atomic E-state index is 0. The molecule has 8 aromatic rings. The van der Waals surface area contributed by atoms with Gasteiger partial charge in [0.2, 0.25) is 0 Å². The van der Waals surface area contributed by atoms with Crippen LogP contribution in [0.1, 0.15) is 69.2 Å². The number of pyridine rings is 2. The molecule has 0 bridgehead atoms. The molecule has 0 saturated carbocycles. The van der Waals surface area contributed by atoms with Gasteiger partial charge in [-0.25, -0.2) is 0 Å². The summed E-state index contributed by atoms with van der Waals surface area (Å²) >= 11 is 5.62. The predicted molar refractivity (Wildman–Crippen MR) is 299 cm³/mol. The Morgan fingerprint density at radius 2 is 0.935 bits per heavy atom. The molecule has 15 heteroatoms. The van der Waals surface area contributed by atoms with Gasteiger partial charge in [-0.15, -0.1) is 107 Å². The SMILES string of the molecule is CC(=O)C=C(C)O.CC(=O)C=C(C)O.CC(C)(C)C(=O)C=C(O)C(C)(C)C.COc1c[c-]c(-c2ccc3ccccc3n2)cc1.Clc1ccc(-c2[c-]cccc2)nn1.[Ir].[Ir].[Ir].[c-]1ccccc1-c1ccc2ccccc2n1. The van der Waals surface area contributed by atoms with Crippen molar-refractivity contribution in [2.24, 2.45) is 10.8 Å². The number of methoxy groups -OCH3 is 1. The van der Waals surface area contributed by atoms with E-state index in [1.807, 2.05) is 163 Å². The van der Waals surface area contributed by atoms with Crippen LogP contribution in [0.2, 0.25) is 5.15 Å². The molecule has 3 heterocycles. The zero-order valence-corrected chi connectivity index (χ0v) is 52.7. The molecule has 411 valence electrons. The summed E-state index contributed by atoms with van der Waals surface area (Å²) in [5.41, 5.74) is 6.87. The quantitative estimate of drug-likeness (QED) is 0.0787. The van der Waals surface area contributed by atoms with Crippen LogP contribution in [0.4, 0.5) is 0 Å². The van der Waals surface area contributed by atoms with Gasteiger partial charge in [-0.3, -0.25) is 24.4 Å². The summed E-state index contributed by atoms with van der Waals surface area (Å²) < 4.78 is 5.12. The van der Waals surface area contributed by atoms with E-state index in [1.54, 1.807) is 13.2 Å². The van der Waals surface area contributed by atoms with Crippen LogP contribution < -0.4 is 4.74 Å². The van der Waals surface area contributed by atoms with E-state index in [4.69, 9.17) is 26.6 Å². The first-order valence-electron chi connectivity index (χ1n) is 23.4. The topological polar surface area (TPSA) is 173 Å². The van der Waals surface area contributed by atoms with E-state index in [2.05, 4.69) is 62.6 Å². The average molecular weight is 1590 g/mol. The molecule has 0 aliphatic rings. The van der Waals surface area contributed by atoms with Crippen molar-refractivity contribution >= 4 is 50.8 Å². The van der Waals surface area contributed by atoms with Crippen LogP contribution in [0.25, 0.3) is 55.6 Å². The van der Waals surface area contributed by atoms with Gasteiger partial charge in [0, 0.05) is 101 Å². The summed E-state index contributed by atoms with van der Waals surface area (Å²) in [6, 6.07) is 58.6. The van der Waals surface area contributed by atoms with Crippen molar-refractivity contribution in [1.82, 2.24) is 20.2 Å². The van der Waals surface area contributed by atoms with Crippen LogP contribution >= 0.6 is 11.6 Å². The van der Waals surface area contributed by atoms with Crippen LogP contribution in [0.15, 0.2) is 187 Å². The Morgan fingerprint density at radius 3 is 1.27 bits per heavy atom. The molecule has 0 aliphatic carbocycles. The number of para-hydroxylation sites is 2. The number of fused-ring (bicyclic) bond motifs is 2. The normalized spacial score (nSPS) is 10.8. The van der Waals surface area contributed by atoms with E-state index in [0.29, 0.717) is 5.15 Å². The summed E-state index contributed by atoms with van der Waals surface area (Å²) in [5.74, 6) is 0.784. The number of ketones is 3. The number of carbonyl (C=O) groups is 3. The average Bonchev–Trinajstić information content (AvgIpc) is 3.36. The molecule has 3 aromatic heterocycles. The molecular formula is C62H64ClIr3N4O7-3. The smallest absolute Gasteiger partial charge is 0.164 e. The van der Waals surface area contributed by atoms with E-state index in [0.717, 1.165) is 55.9 Å². The van der Waals surface area contributed by atoms with Crippen LogP contribution in [-0.2, 0) is 74.7 Å². The van der Waals surface area contributed by atoms with E-state index in [9.17, 15) is 19.5 Å². The molecule has 0 aliphatic heterocycles. The second-order valence-electron chi connectivity index (χ2n) is 18.4. The fraction of sp³-hybridized carbons (Fsp3) is 0.210. The van der Waals surface area contributed by atoms with Crippen LogP contribution in [0.5, 0.6) is 5.75 Å². The minimum Gasteiger partial charge on any atom is -0.540 e. The van der Waals surface area contributed by atoms with Crippen LogP contribution in [0, 0.1) is 29.0 Å². The van der Waals surface area contributed by atoms with Crippen molar-refractivity contribution in [3.8, 4) is 39.5 Å². The molecule has 77 heavy (non-hydrogen) atoms. The van der Waals surface area contributed by atoms with Gasteiger partial charge in [0.1, 0.15) is 10.9 Å². The fourth-order valence-electron chi connectivity index (χ4n) is 5.84. The number of carbonyl (C=O) groups excluding carboxylic acids is 3. The van der Waals surface area contributed by atoms with E-state index < -0.39 is 5.41 Å². The molecule has 0 fully saturated rings. The van der Waals surface area contributed by atoms with Gasteiger partial charge in [0.05, 0.1) is 29.7 Å². The largest absolute Gasteiger partial charge is 0.540 e. The number of rotatable bonds is 7. The first kappa shape index (κ1) is 70.7. The van der Waals surface area contributed by atoms with Gasteiger partial charge >= 0.3 is 0 Å². The van der Waals surface area contributed by atoms with Gasteiger partial charge in [0.25, 0.3) is 0 Å². The monoisotopic (exact) mass is 1590 g/mol. The zero-order chi connectivity index (χ0) is 54.8. The summed E-state index contributed by atoms with van der Waals surface area (Å²) in [6.07, 6.45) is 3.67. The van der Waals surface area contributed by atoms with Crippen molar-refractivity contribution < 1.29 is 94.8 Å². The van der Waals surface area contributed by atoms with Gasteiger partial charge in [-0.2, -0.15) is 5.10 Å². The summed E-state index contributed by atoms with van der Waals surface area (Å²) in [4.78, 5) is 40.8. The van der Waals surface area contributed by atoms with E-state index >= 15 is 0 Å². The van der Waals surface area contributed by atoms with Crippen molar-refractivity contribution in [2.75, 3.05) is 7.11 Å².